The molecular formula is C21H21ClN4O3S3. The van der Waals surface area contributed by atoms with Crippen LogP contribution in [0.5, 0.6) is 11.5 Å². The van der Waals surface area contributed by atoms with E-state index in [1.165, 1.54) is 23.1 Å². The number of thioether (sulfide) groups is 2. The van der Waals surface area contributed by atoms with E-state index in [2.05, 4.69) is 20.7 Å². The molecule has 0 aliphatic heterocycles. The molecule has 1 amide bonds. The molecular weight excluding hydrogens is 488 g/mol. The van der Waals surface area contributed by atoms with E-state index in [0.29, 0.717) is 23.0 Å². The third kappa shape index (κ3) is 6.86. The summed E-state index contributed by atoms with van der Waals surface area (Å²) in [6.07, 6.45) is 0. The van der Waals surface area contributed by atoms with Gasteiger partial charge in [-0.1, -0.05) is 64.7 Å². The number of hydrogen-bond acceptors (Lipinski definition) is 9. The maximum atomic E-state index is 12.2. The highest BCUT2D eigenvalue weighted by Gasteiger charge is 2.10. The van der Waals surface area contributed by atoms with Crippen LogP contribution in [-0.4, -0.2) is 41.8 Å². The normalized spacial score (nSPS) is 11.3. The van der Waals surface area contributed by atoms with Crippen molar-refractivity contribution in [1.82, 2.24) is 15.6 Å². The van der Waals surface area contributed by atoms with Gasteiger partial charge in [-0.05, 0) is 36.8 Å². The van der Waals surface area contributed by atoms with E-state index >= 15 is 0 Å². The maximum Gasteiger partial charge on any atom is 0.250 e. The molecule has 32 heavy (non-hydrogen) atoms. The second-order valence-electron chi connectivity index (χ2n) is 6.30. The van der Waals surface area contributed by atoms with Crippen LogP contribution in [0.15, 0.2) is 56.2 Å². The van der Waals surface area contributed by atoms with Crippen molar-refractivity contribution >= 4 is 58.1 Å². The van der Waals surface area contributed by atoms with Gasteiger partial charge in [0, 0.05) is 16.3 Å². The Kier molecular flexibility index (Phi) is 9.22. The molecule has 0 spiro atoms. The highest BCUT2D eigenvalue weighted by Crippen LogP contribution is 2.32. The van der Waals surface area contributed by atoms with E-state index in [9.17, 15) is 4.79 Å². The Hall–Kier alpha value is -2.27. The number of benzene rings is 2. The third-order valence-electron chi connectivity index (χ3n) is 4.17. The minimum absolute atomic E-state index is 0.187. The standard InChI is InChI=1S/C21H21ClN4O3S3/c1-13(14-8-9-17(28-2)18(10-14)29-3)23-24-19(27)12-31-21-26-25-20(32-21)30-11-15-6-4-5-7-16(15)22/h4-10H,11-12H2,1-3H3,(H,24,27)/b23-13+. The Morgan fingerprint density at radius 3 is 2.53 bits per heavy atom. The molecule has 7 nitrogen and oxygen atoms in total. The van der Waals surface area contributed by atoms with Crippen LogP contribution in [-0.2, 0) is 10.5 Å². The lowest BCUT2D eigenvalue weighted by Gasteiger charge is -2.09. The number of carbonyl (C=O) groups is 1. The lowest BCUT2D eigenvalue weighted by Crippen LogP contribution is -2.21. The zero-order chi connectivity index (χ0) is 22.9. The average molecular weight is 509 g/mol. The molecule has 0 aliphatic rings. The summed E-state index contributed by atoms with van der Waals surface area (Å²) in [4.78, 5) is 12.2. The zero-order valence-electron chi connectivity index (χ0n) is 17.6. The lowest BCUT2D eigenvalue weighted by atomic mass is 10.1. The molecule has 1 heterocycles. The maximum absolute atomic E-state index is 12.2. The fourth-order valence-corrected chi connectivity index (χ4v) is 5.60. The summed E-state index contributed by atoms with van der Waals surface area (Å²) in [6, 6.07) is 13.2. The van der Waals surface area contributed by atoms with Crippen molar-refractivity contribution in [2.45, 2.75) is 21.4 Å². The summed E-state index contributed by atoms with van der Waals surface area (Å²) < 4.78 is 12.1. The predicted molar refractivity (Wildman–Crippen MR) is 132 cm³/mol. The van der Waals surface area contributed by atoms with Crippen LogP contribution in [0.4, 0.5) is 0 Å². The van der Waals surface area contributed by atoms with Gasteiger partial charge in [-0.25, -0.2) is 5.43 Å². The van der Waals surface area contributed by atoms with Crippen LogP contribution >= 0.6 is 46.5 Å². The summed E-state index contributed by atoms with van der Waals surface area (Å²) in [6.45, 7) is 1.81. The SMILES string of the molecule is COc1ccc(/C(C)=N/NC(=O)CSc2nnc(SCc3ccccc3Cl)s2)cc1OC. The Morgan fingerprint density at radius 2 is 1.81 bits per heavy atom. The molecule has 0 saturated carbocycles. The highest BCUT2D eigenvalue weighted by atomic mass is 35.5. The van der Waals surface area contributed by atoms with Crippen LogP contribution < -0.4 is 14.9 Å². The molecule has 0 saturated heterocycles. The van der Waals surface area contributed by atoms with Gasteiger partial charge in [0.2, 0.25) is 0 Å². The molecule has 3 aromatic rings. The van der Waals surface area contributed by atoms with Crippen LogP contribution in [0.3, 0.4) is 0 Å². The molecule has 3 rings (SSSR count). The van der Waals surface area contributed by atoms with E-state index in [-0.39, 0.29) is 11.7 Å². The fourth-order valence-electron chi connectivity index (χ4n) is 2.50. The molecule has 0 radical (unpaired) electrons. The topological polar surface area (TPSA) is 85.7 Å². The fraction of sp³-hybridized carbons (Fsp3) is 0.238. The molecule has 1 N–H and O–H groups in total. The van der Waals surface area contributed by atoms with Crippen molar-refractivity contribution in [3.8, 4) is 11.5 Å². The number of rotatable bonds is 10. The Morgan fingerprint density at radius 1 is 1.09 bits per heavy atom. The number of aromatic nitrogens is 2. The summed E-state index contributed by atoms with van der Waals surface area (Å²) in [5.74, 6) is 1.90. The van der Waals surface area contributed by atoms with Crippen LogP contribution in [0.2, 0.25) is 5.02 Å². The van der Waals surface area contributed by atoms with Crippen molar-refractivity contribution in [3.05, 3.63) is 58.6 Å². The van der Waals surface area contributed by atoms with Gasteiger partial charge in [-0.2, -0.15) is 5.10 Å². The van der Waals surface area contributed by atoms with E-state index in [0.717, 1.165) is 24.8 Å². The molecule has 0 aliphatic carbocycles. The van der Waals surface area contributed by atoms with Gasteiger partial charge < -0.3 is 9.47 Å². The second-order valence-corrected chi connectivity index (χ2v) is 10.1. The zero-order valence-corrected chi connectivity index (χ0v) is 20.8. The lowest BCUT2D eigenvalue weighted by molar-refractivity contribution is -0.118. The number of halogens is 1. The van der Waals surface area contributed by atoms with Gasteiger partial charge in [0.15, 0.2) is 20.2 Å². The quantitative estimate of drug-likeness (QED) is 0.231. The predicted octanol–water partition coefficient (Wildman–Crippen LogP) is 5.13. The Bertz CT molecular complexity index is 1110. The number of amides is 1. The van der Waals surface area contributed by atoms with Gasteiger partial charge in [0.25, 0.3) is 5.91 Å². The van der Waals surface area contributed by atoms with Crippen molar-refractivity contribution in [3.63, 3.8) is 0 Å². The summed E-state index contributed by atoms with van der Waals surface area (Å²) in [7, 11) is 3.15. The first-order chi connectivity index (χ1) is 15.5. The second kappa shape index (κ2) is 12.1. The van der Waals surface area contributed by atoms with Crippen molar-refractivity contribution in [2.24, 2.45) is 5.10 Å². The monoisotopic (exact) mass is 508 g/mol. The average Bonchev–Trinajstić information content (AvgIpc) is 3.28. The number of methoxy groups -OCH3 is 2. The van der Waals surface area contributed by atoms with E-state index in [1.54, 1.807) is 32.0 Å². The van der Waals surface area contributed by atoms with Crippen LogP contribution in [0, 0.1) is 0 Å². The largest absolute Gasteiger partial charge is 0.493 e. The van der Waals surface area contributed by atoms with Crippen molar-refractivity contribution in [2.75, 3.05) is 20.0 Å². The minimum atomic E-state index is -0.227. The number of hydrazone groups is 1. The van der Waals surface area contributed by atoms with Crippen LogP contribution in [0.1, 0.15) is 18.1 Å². The molecule has 0 unspecified atom stereocenters. The van der Waals surface area contributed by atoms with Crippen molar-refractivity contribution in [1.29, 1.82) is 0 Å². The summed E-state index contributed by atoms with van der Waals surface area (Å²) in [5, 5.41) is 13.2. The first kappa shape index (κ1) is 24.4. The molecule has 0 atom stereocenters. The Labute approximate surface area is 204 Å². The van der Waals surface area contributed by atoms with Gasteiger partial charge in [0.1, 0.15) is 0 Å². The van der Waals surface area contributed by atoms with E-state index < -0.39 is 0 Å². The number of nitrogens with one attached hydrogen (secondary N) is 1. The van der Waals surface area contributed by atoms with Crippen molar-refractivity contribution < 1.29 is 14.3 Å². The number of nitrogens with zero attached hydrogens (tertiary/aromatic N) is 3. The van der Waals surface area contributed by atoms with Crippen LogP contribution in [0.25, 0.3) is 0 Å². The minimum Gasteiger partial charge on any atom is -0.493 e. The molecule has 2 aromatic carbocycles. The highest BCUT2D eigenvalue weighted by molar-refractivity contribution is 8.03. The first-order valence-corrected chi connectivity index (χ1v) is 12.5. The molecule has 11 heteroatoms. The van der Waals surface area contributed by atoms with Gasteiger partial charge in [-0.3, -0.25) is 4.79 Å². The first-order valence-electron chi connectivity index (χ1n) is 9.38. The van der Waals surface area contributed by atoms with Gasteiger partial charge in [-0.15, -0.1) is 10.2 Å². The van der Waals surface area contributed by atoms with E-state index in [4.69, 9.17) is 21.1 Å². The van der Waals surface area contributed by atoms with Gasteiger partial charge in [0.05, 0.1) is 25.7 Å². The molecule has 0 fully saturated rings. The van der Waals surface area contributed by atoms with Gasteiger partial charge >= 0.3 is 0 Å². The molecule has 1 aromatic heterocycles. The number of hydrogen-bond donors (Lipinski definition) is 1. The smallest absolute Gasteiger partial charge is 0.250 e. The Balaban J connectivity index is 1.48. The molecule has 0 bridgehead atoms. The van der Waals surface area contributed by atoms with E-state index in [1.807, 2.05) is 43.3 Å². The number of ether oxygens (including phenoxy) is 2. The summed E-state index contributed by atoms with van der Waals surface area (Å²) >= 11 is 10.5. The third-order valence-corrected chi connectivity index (χ3v) is 7.78. The molecule has 168 valence electrons. The summed E-state index contributed by atoms with van der Waals surface area (Å²) in [5.41, 5.74) is 5.09. The number of carbonyl (C=O) groups excluding carboxylic acids is 1.